The van der Waals surface area contributed by atoms with Crippen molar-refractivity contribution in [2.24, 2.45) is 0 Å². The Morgan fingerprint density at radius 1 is 0.328 bits per heavy atom. The van der Waals surface area contributed by atoms with E-state index in [4.69, 9.17) is 9.97 Å². The third-order valence-corrected chi connectivity index (χ3v) is 12.2. The fourth-order valence-corrected chi connectivity index (χ4v) is 9.60. The first-order valence-electron chi connectivity index (χ1n) is 19.8. The van der Waals surface area contributed by atoms with Crippen molar-refractivity contribution >= 4 is 81.6 Å². The maximum absolute atomic E-state index is 5.54. The van der Waals surface area contributed by atoms with Crippen LogP contribution in [-0.4, -0.2) is 18.9 Å². The molecule has 0 unspecified atom stereocenters. The van der Waals surface area contributed by atoms with E-state index in [2.05, 4.69) is 203 Å². The summed E-state index contributed by atoms with van der Waals surface area (Å²) in [5, 5.41) is 10.8. The number of nitrogens with zero attached hydrogens (tertiary/aromatic N) is 4. The van der Waals surface area contributed by atoms with Crippen LogP contribution in [0, 0.1) is 0 Å². The van der Waals surface area contributed by atoms with E-state index in [1.54, 1.807) is 0 Å². The topological polar surface area (TPSA) is 35.1 Å². The summed E-state index contributed by atoms with van der Waals surface area (Å²) in [6.45, 7) is 0. The molecule has 0 radical (unpaired) electrons. The van der Waals surface area contributed by atoms with E-state index in [9.17, 15) is 0 Å². The minimum Gasteiger partial charge on any atom is -0.308 e. The van der Waals surface area contributed by atoms with E-state index < -0.39 is 0 Å². The lowest BCUT2D eigenvalue weighted by Gasteiger charge is -2.13. The van der Waals surface area contributed by atoms with Gasteiger partial charge in [0.2, 0.25) is 0 Å². The zero-order valence-electron chi connectivity index (χ0n) is 31.3. The summed E-state index contributed by atoms with van der Waals surface area (Å²) in [7, 11) is 0. The Hall–Kier alpha value is -7.82. The summed E-state index contributed by atoms with van der Waals surface area (Å²) in [5.41, 5.74) is 12.6. The molecule has 0 saturated heterocycles. The minimum atomic E-state index is 0.705. The smallest absolute Gasteiger partial charge is 0.162 e. The first-order valence-corrected chi connectivity index (χ1v) is 19.8. The number of benzene rings is 9. The zero-order valence-corrected chi connectivity index (χ0v) is 31.3. The highest BCUT2D eigenvalue weighted by atomic mass is 15.1. The van der Waals surface area contributed by atoms with Crippen molar-refractivity contribution in [1.29, 1.82) is 0 Å². The number of para-hydroxylation sites is 2. The molecule has 13 rings (SSSR count). The van der Waals surface area contributed by atoms with E-state index in [1.165, 1.54) is 81.9 Å². The predicted molar refractivity (Wildman–Crippen MR) is 242 cm³/mol. The van der Waals surface area contributed by atoms with Crippen molar-refractivity contribution in [3.8, 4) is 39.5 Å². The third kappa shape index (κ3) is 4.40. The van der Waals surface area contributed by atoms with Gasteiger partial charge in [-0.05, 0) is 81.6 Å². The van der Waals surface area contributed by atoms with E-state index in [0.29, 0.717) is 5.82 Å². The van der Waals surface area contributed by atoms with Gasteiger partial charge >= 0.3 is 0 Å². The molecule has 0 N–H and O–H groups in total. The van der Waals surface area contributed by atoms with Crippen LogP contribution >= 0.6 is 0 Å². The Labute approximate surface area is 332 Å². The molecular weight excluding hydrogens is 705 g/mol. The van der Waals surface area contributed by atoms with E-state index in [1.807, 2.05) is 0 Å². The van der Waals surface area contributed by atoms with Crippen LogP contribution in [0.4, 0.5) is 0 Å². The third-order valence-electron chi connectivity index (χ3n) is 12.2. The van der Waals surface area contributed by atoms with Gasteiger partial charge < -0.3 is 4.40 Å². The lowest BCUT2D eigenvalue weighted by Crippen LogP contribution is -2.02. The standard InChI is InChI=1S/C54H32N4/c1-3-13-33(14-4-1)37-26-28-47-44(30-37)50-49(58(47)54-41-19-9-11-21-45(41)55-53(56-54)39-24-23-35-17-7-8-18-36(35)29-39)32-43-40-27-25-38(34-15-5-2-6-16-34)31-48(40)57-46-22-12-10-20-42(46)51(50)52(43)57/h1-32H. The predicted octanol–water partition coefficient (Wildman–Crippen LogP) is 14.0. The fraction of sp³-hybridized carbons (Fsp3) is 0. The highest BCUT2D eigenvalue weighted by Gasteiger charge is 2.26. The first kappa shape index (κ1) is 31.4. The van der Waals surface area contributed by atoms with Crippen molar-refractivity contribution in [3.63, 3.8) is 0 Å². The van der Waals surface area contributed by atoms with Gasteiger partial charge in [-0.3, -0.25) is 4.57 Å². The van der Waals surface area contributed by atoms with Gasteiger partial charge in [0, 0.05) is 43.3 Å². The van der Waals surface area contributed by atoms with Gasteiger partial charge in [0.05, 0.1) is 33.1 Å². The molecule has 0 aliphatic heterocycles. The summed E-state index contributed by atoms with van der Waals surface area (Å²) < 4.78 is 4.91. The normalized spacial score (nSPS) is 12.1. The summed E-state index contributed by atoms with van der Waals surface area (Å²) >= 11 is 0. The molecule has 0 atom stereocenters. The zero-order chi connectivity index (χ0) is 37.9. The highest BCUT2D eigenvalue weighted by Crippen LogP contribution is 2.48. The SMILES string of the molecule is c1ccc(-c2ccc3c(c2)c2c4c5ccccc5n5c6cc(-c7ccccc7)ccc6c(cc2n3-c2nc(-c3ccc6ccccc6c3)nc3ccccc23)c45)cc1. The molecule has 9 aromatic carbocycles. The van der Waals surface area contributed by atoms with Crippen molar-refractivity contribution in [2.75, 3.05) is 0 Å². The first-order chi connectivity index (χ1) is 28.8. The molecule has 268 valence electrons. The average Bonchev–Trinajstić information content (AvgIpc) is 3.93. The lowest BCUT2D eigenvalue weighted by atomic mass is 9.99. The van der Waals surface area contributed by atoms with Gasteiger partial charge in [0.15, 0.2) is 5.82 Å². The Morgan fingerprint density at radius 2 is 1.00 bits per heavy atom. The van der Waals surface area contributed by atoms with Crippen molar-refractivity contribution in [2.45, 2.75) is 0 Å². The largest absolute Gasteiger partial charge is 0.308 e. The van der Waals surface area contributed by atoms with Crippen LogP contribution < -0.4 is 0 Å². The van der Waals surface area contributed by atoms with Crippen LogP contribution in [0.25, 0.3) is 121 Å². The molecule has 0 amide bonds. The molecule has 0 aliphatic rings. The number of hydrogen-bond acceptors (Lipinski definition) is 2. The molecule has 13 aromatic rings. The number of aromatic nitrogens is 4. The monoisotopic (exact) mass is 736 g/mol. The quantitative estimate of drug-likeness (QED) is 0.180. The second kappa shape index (κ2) is 11.8. The molecule has 4 heterocycles. The maximum Gasteiger partial charge on any atom is 0.162 e. The lowest BCUT2D eigenvalue weighted by molar-refractivity contribution is 1.08. The second-order valence-corrected chi connectivity index (χ2v) is 15.4. The summed E-state index contributed by atoms with van der Waals surface area (Å²) in [5.74, 6) is 1.57. The molecule has 0 saturated carbocycles. The van der Waals surface area contributed by atoms with Crippen LogP contribution in [0.3, 0.4) is 0 Å². The number of hydrogen-bond donors (Lipinski definition) is 0. The van der Waals surface area contributed by atoms with Crippen LogP contribution in [-0.2, 0) is 0 Å². The van der Waals surface area contributed by atoms with E-state index in [0.717, 1.165) is 33.3 Å². The van der Waals surface area contributed by atoms with Crippen molar-refractivity contribution < 1.29 is 0 Å². The van der Waals surface area contributed by atoms with Crippen molar-refractivity contribution in [3.05, 3.63) is 194 Å². The maximum atomic E-state index is 5.54. The fourth-order valence-electron chi connectivity index (χ4n) is 9.60. The summed E-state index contributed by atoms with van der Waals surface area (Å²) in [6.07, 6.45) is 0. The highest BCUT2D eigenvalue weighted by molar-refractivity contribution is 6.36. The van der Waals surface area contributed by atoms with Gasteiger partial charge in [-0.15, -0.1) is 0 Å². The van der Waals surface area contributed by atoms with Gasteiger partial charge in [-0.1, -0.05) is 146 Å². The van der Waals surface area contributed by atoms with Crippen LogP contribution in [0.2, 0.25) is 0 Å². The van der Waals surface area contributed by atoms with Gasteiger partial charge in [0.25, 0.3) is 0 Å². The molecule has 4 heteroatoms. The van der Waals surface area contributed by atoms with Crippen molar-refractivity contribution in [1.82, 2.24) is 18.9 Å². The van der Waals surface area contributed by atoms with E-state index >= 15 is 0 Å². The number of rotatable bonds is 4. The Morgan fingerprint density at radius 3 is 1.83 bits per heavy atom. The van der Waals surface area contributed by atoms with Crippen LogP contribution in [0.15, 0.2) is 194 Å². The molecule has 0 spiro atoms. The molecule has 0 fully saturated rings. The van der Waals surface area contributed by atoms with Crippen LogP contribution in [0.5, 0.6) is 0 Å². The Kier molecular flexibility index (Phi) is 6.41. The Bertz CT molecular complexity index is 3780. The van der Waals surface area contributed by atoms with Gasteiger partial charge in [-0.25, -0.2) is 9.97 Å². The Balaban J connectivity index is 1.20. The number of fused-ring (bicyclic) bond motifs is 12. The summed E-state index contributed by atoms with van der Waals surface area (Å²) in [6, 6.07) is 70.1. The molecule has 4 nitrogen and oxygen atoms in total. The van der Waals surface area contributed by atoms with Gasteiger partial charge in [-0.2, -0.15) is 0 Å². The van der Waals surface area contributed by atoms with E-state index in [-0.39, 0.29) is 0 Å². The van der Waals surface area contributed by atoms with Crippen LogP contribution in [0.1, 0.15) is 0 Å². The molecule has 0 bridgehead atoms. The summed E-state index contributed by atoms with van der Waals surface area (Å²) in [4.78, 5) is 10.7. The van der Waals surface area contributed by atoms with Gasteiger partial charge in [0.1, 0.15) is 5.82 Å². The minimum absolute atomic E-state index is 0.705. The second-order valence-electron chi connectivity index (χ2n) is 15.4. The molecule has 0 aliphatic carbocycles. The molecule has 4 aromatic heterocycles. The molecular formula is C54H32N4. The molecule has 58 heavy (non-hydrogen) atoms. The average molecular weight is 737 g/mol.